The molecular formula is C24H26N4O3S. The van der Waals surface area contributed by atoms with E-state index in [1.165, 1.54) is 32.3 Å². The molecule has 0 bridgehead atoms. The number of aromatic nitrogens is 3. The fourth-order valence-electron chi connectivity index (χ4n) is 5.76. The molecule has 166 valence electrons. The lowest BCUT2D eigenvalue weighted by atomic mass is 9.90. The van der Waals surface area contributed by atoms with E-state index in [2.05, 4.69) is 29.7 Å². The molecule has 1 aliphatic carbocycles. The van der Waals surface area contributed by atoms with Crippen molar-refractivity contribution in [2.75, 3.05) is 6.54 Å². The van der Waals surface area contributed by atoms with Gasteiger partial charge in [-0.2, -0.15) is 4.31 Å². The number of rotatable bonds is 2. The second kappa shape index (κ2) is 6.59. The van der Waals surface area contributed by atoms with Crippen LogP contribution in [0.4, 0.5) is 0 Å². The summed E-state index contributed by atoms with van der Waals surface area (Å²) >= 11 is 0. The normalized spacial score (nSPS) is 19.0. The van der Waals surface area contributed by atoms with Gasteiger partial charge in [0.2, 0.25) is 10.0 Å². The molecule has 32 heavy (non-hydrogen) atoms. The maximum atomic E-state index is 13.8. The monoisotopic (exact) mass is 450 g/mol. The van der Waals surface area contributed by atoms with Gasteiger partial charge in [-0.25, -0.2) is 13.2 Å². The van der Waals surface area contributed by atoms with Gasteiger partial charge in [-0.1, -0.05) is 11.6 Å². The average Bonchev–Trinajstić information content (AvgIpc) is 3.22. The predicted octanol–water partition coefficient (Wildman–Crippen LogP) is 3.22. The highest BCUT2D eigenvalue weighted by molar-refractivity contribution is 7.89. The first kappa shape index (κ1) is 19.8. The van der Waals surface area contributed by atoms with Crippen LogP contribution in [-0.4, -0.2) is 33.0 Å². The molecule has 1 atom stereocenters. The zero-order chi connectivity index (χ0) is 22.4. The van der Waals surface area contributed by atoms with Crippen LogP contribution in [0.15, 0.2) is 46.1 Å². The van der Waals surface area contributed by atoms with Gasteiger partial charge in [0.05, 0.1) is 22.0 Å². The Labute approximate surface area is 186 Å². The minimum atomic E-state index is -3.71. The summed E-state index contributed by atoms with van der Waals surface area (Å²) < 4.78 is 34.8. The van der Waals surface area contributed by atoms with Crippen LogP contribution in [0.5, 0.6) is 0 Å². The van der Waals surface area contributed by atoms with Crippen molar-refractivity contribution in [1.82, 2.24) is 18.0 Å². The summed E-state index contributed by atoms with van der Waals surface area (Å²) in [6.45, 7) is 3.20. The molecule has 0 saturated heterocycles. The minimum Gasteiger partial charge on any atom is -0.341 e. The van der Waals surface area contributed by atoms with E-state index < -0.39 is 10.0 Å². The SMILES string of the molecule is Cc1ccc2c(c1)c1c3n2CCN(S(=O)(=O)c2ccc4c(c2)n(C)c(=O)n4C)[C@@H]3CCC1. The number of benzene rings is 2. The lowest BCUT2D eigenvalue weighted by Gasteiger charge is -2.39. The standard InChI is InChI=1S/C24H26N4O3S/c1-15-7-9-19-18(13-15)17-5-4-6-21-23(17)27(19)11-12-28(21)32(30,31)16-8-10-20-22(14-16)26(3)24(29)25(20)2/h7-10,13-14,21H,4-6,11-12H2,1-3H3/t21-/m1/s1. The molecule has 2 aromatic heterocycles. The van der Waals surface area contributed by atoms with Crippen molar-refractivity contribution in [1.29, 1.82) is 0 Å². The van der Waals surface area contributed by atoms with Crippen LogP contribution < -0.4 is 5.69 Å². The Hall–Kier alpha value is -2.84. The van der Waals surface area contributed by atoms with E-state index in [4.69, 9.17) is 0 Å². The Morgan fingerprint density at radius 2 is 1.69 bits per heavy atom. The quantitative estimate of drug-likeness (QED) is 0.471. The molecule has 7 nitrogen and oxygen atoms in total. The maximum absolute atomic E-state index is 13.8. The molecule has 0 N–H and O–H groups in total. The molecule has 0 spiro atoms. The van der Waals surface area contributed by atoms with E-state index in [1.807, 2.05) is 0 Å². The Bertz CT molecular complexity index is 1590. The summed E-state index contributed by atoms with van der Waals surface area (Å²) in [6.07, 6.45) is 2.79. The van der Waals surface area contributed by atoms with Gasteiger partial charge in [-0.05, 0) is 62.1 Å². The lowest BCUT2D eigenvalue weighted by Crippen LogP contribution is -2.43. The summed E-state index contributed by atoms with van der Waals surface area (Å²) in [7, 11) is -0.333. The first-order chi connectivity index (χ1) is 15.3. The smallest absolute Gasteiger partial charge is 0.328 e. The number of imidazole rings is 1. The molecule has 4 aromatic rings. The summed E-state index contributed by atoms with van der Waals surface area (Å²) in [5.41, 5.74) is 6.11. The highest BCUT2D eigenvalue weighted by Crippen LogP contribution is 2.44. The van der Waals surface area contributed by atoms with Gasteiger partial charge in [-0.15, -0.1) is 0 Å². The van der Waals surface area contributed by atoms with Gasteiger partial charge in [0.1, 0.15) is 0 Å². The highest BCUT2D eigenvalue weighted by Gasteiger charge is 2.41. The van der Waals surface area contributed by atoms with E-state index in [9.17, 15) is 13.2 Å². The van der Waals surface area contributed by atoms with Crippen molar-refractivity contribution in [3.8, 4) is 0 Å². The third-order valence-electron chi connectivity index (χ3n) is 7.33. The number of nitrogens with zero attached hydrogens (tertiary/aromatic N) is 4. The summed E-state index contributed by atoms with van der Waals surface area (Å²) in [6, 6.07) is 11.4. The Kier molecular flexibility index (Phi) is 4.08. The highest BCUT2D eigenvalue weighted by atomic mass is 32.2. The first-order valence-electron chi connectivity index (χ1n) is 11.1. The zero-order valence-corrected chi connectivity index (χ0v) is 19.3. The second-order valence-corrected chi connectivity index (χ2v) is 11.0. The molecule has 0 unspecified atom stereocenters. The van der Waals surface area contributed by atoms with Crippen molar-refractivity contribution >= 4 is 32.0 Å². The molecular weight excluding hydrogens is 424 g/mol. The zero-order valence-electron chi connectivity index (χ0n) is 18.5. The summed E-state index contributed by atoms with van der Waals surface area (Å²) in [5, 5.41) is 1.27. The Balaban J connectivity index is 1.50. The van der Waals surface area contributed by atoms with Gasteiger partial charge in [0.25, 0.3) is 0 Å². The van der Waals surface area contributed by atoms with Gasteiger partial charge in [0.15, 0.2) is 0 Å². The molecule has 2 aromatic carbocycles. The van der Waals surface area contributed by atoms with Crippen LogP contribution in [-0.2, 0) is 37.1 Å². The molecule has 0 fully saturated rings. The Morgan fingerprint density at radius 1 is 0.938 bits per heavy atom. The topological polar surface area (TPSA) is 69.2 Å². The number of sulfonamides is 1. The minimum absolute atomic E-state index is 0.152. The van der Waals surface area contributed by atoms with Crippen LogP contribution >= 0.6 is 0 Å². The maximum Gasteiger partial charge on any atom is 0.328 e. The summed E-state index contributed by atoms with van der Waals surface area (Å²) in [5.74, 6) is 0. The summed E-state index contributed by atoms with van der Waals surface area (Å²) in [4.78, 5) is 12.6. The van der Waals surface area contributed by atoms with E-state index in [0.29, 0.717) is 18.6 Å². The van der Waals surface area contributed by atoms with Crippen molar-refractivity contribution in [2.45, 2.75) is 43.7 Å². The molecule has 2 aliphatic rings. The van der Waals surface area contributed by atoms with Gasteiger partial charge >= 0.3 is 5.69 Å². The molecule has 1 aliphatic heterocycles. The van der Waals surface area contributed by atoms with Crippen molar-refractivity contribution in [3.63, 3.8) is 0 Å². The van der Waals surface area contributed by atoms with E-state index in [1.54, 1.807) is 41.2 Å². The number of hydrogen-bond acceptors (Lipinski definition) is 3. The van der Waals surface area contributed by atoms with Crippen molar-refractivity contribution in [2.24, 2.45) is 14.1 Å². The van der Waals surface area contributed by atoms with Crippen LogP contribution in [0, 0.1) is 6.92 Å². The third-order valence-corrected chi connectivity index (χ3v) is 9.23. The van der Waals surface area contributed by atoms with Crippen molar-refractivity contribution < 1.29 is 8.42 Å². The van der Waals surface area contributed by atoms with Gasteiger partial charge in [0, 0.05) is 43.8 Å². The predicted molar refractivity (Wildman–Crippen MR) is 124 cm³/mol. The lowest BCUT2D eigenvalue weighted by molar-refractivity contribution is 0.243. The first-order valence-corrected chi connectivity index (χ1v) is 12.5. The third kappa shape index (κ3) is 2.50. The molecule has 0 saturated carbocycles. The fraction of sp³-hybridized carbons (Fsp3) is 0.375. The van der Waals surface area contributed by atoms with Gasteiger partial charge in [-0.3, -0.25) is 9.13 Å². The molecule has 6 rings (SSSR count). The number of aryl methyl sites for hydroxylation is 4. The average molecular weight is 451 g/mol. The van der Waals surface area contributed by atoms with Gasteiger partial charge < -0.3 is 4.57 Å². The largest absolute Gasteiger partial charge is 0.341 e. The molecule has 0 amide bonds. The van der Waals surface area contributed by atoms with E-state index in [0.717, 1.165) is 24.8 Å². The van der Waals surface area contributed by atoms with Crippen molar-refractivity contribution in [3.05, 3.63) is 63.7 Å². The van der Waals surface area contributed by atoms with E-state index >= 15 is 0 Å². The van der Waals surface area contributed by atoms with Crippen LogP contribution in [0.2, 0.25) is 0 Å². The number of hydrogen-bond donors (Lipinski definition) is 0. The molecule has 0 radical (unpaired) electrons. The molecule has 3 heterocycles. The number of fused-ring (bicyclic) bond motifs is 4. The Morgan fingerprint density at radius 3 is 2.50 bits per heavy atom. The second-order valence-electron chi connectivity index (χ2n) is 9.11. The van der Waals surface area contributed by atoms with Crippen LogP contribution in [0.3, 0.4) is 0 Å². The molecule has 8 heteroatoms. The van der Waals surface area contributed by atoms with E-state index in [-0.39, 0.29) is 16.6 Å². The van der Waals surface area contributed by atoms with Crippen LogP contribution in [0.25, 0.3) is 21.9 Å². The van der Waals surface area contributed by atoms with Crippen LogP contribution in [0.1, 0.15) is 35.7 Å². The fourth-order valence-corrected chi connectivity index (χ4v) is 7.39.